The summed E-state index contributed by atoms with van der Waals surface area (Å²) in [5, 5.41) is 0. The van der Waals surface area contributed by atoms with Crippen LogP contribution in [-0.2, 0) is 6.54 Å². The Kier molecular flexibility index (Phi) is 4.21. The molecule has 1 unspecified atom stereocenters. The fourth-order valence-corrected chi connectivity index (χ4v) is 4.22. The minimum Gasteiger partial charge on any atom is -0.343 e. The molecule has 28 heavy (non-hydrogen) atoms. The van der Waals surface area contributed by atoms with Gasteiger partial charge in [0.1, 0.15) is 6.17 Å². The van der Waals surface area contributed by atoms with Crippen LogP contribution in [0.1, 0.15) is 24.1 Å². The lowest BCUT2D eigenvalue weighted by atomic mass is 9.94. The Balaban J connectivity index is 1.61. The first-order valence-electron chi connectivity index (χ1n) is 9.89. The lowest BCUT2D eigenvalue weighted by Crippen LogP contribution is -2.45. The van der Waals surface area contributed by atoms with E-state index < -0.39 is 0 Å². The van der Waals surface area contributed by atoms with Crippen molar-refractivity contribution in [1.82, 2.24) is 4.98 Å². The van der Waals surface area contributed by atoms with Crippen LogP contribution in [0.3, 0.4) is 0 Å². The van der Waals surface area contributed by atoms with Crippen LogP contribution >= 0.6 is 0 Å². The highest BCUT2D eigenvalue weighted by Gasteiger charge is 2.51. The van der Waals surface area contributed by atoms with Crippen molar-refractivity contribution in [1.29, 1.82) is 0 Å². The largest absolute Gasteiger partial charge is 0.343 e. The highest BCUT2D eigenvalue weighted by molar-refractivity contribution is 5.98. The fourth-order valence-electron chi connectivity index (χ4n) is 4.22. The molecule has 2 aromatic carbocycles. The summed E-state index contributed by atoms with van der Waals surface area (Å²) in [6, 6.07) is 23.1. The van der Waals surface area contributed by atoms with E-state index in [1.165, 1.54) is 22.4 Å². The van der Waals surface area contributed by atoms with Crippen molar-refractivity contribution in [2.45, 2.75) is 25.6 Å². The number of fused-ring (bicyclic) bond motifs is 1. The number of hydrogen-bond acceptors (Lipinski definition) is 4. The van der Waals surface area contributed by atoms with Gasteiger partial charge in [0.05, 0.1) is 12.2 Å². The Morgan fingerprint density at radius 2 is 1.79 bits per heavy atom. The summed E-state index contributed by atoms with van der Waals surface area (Å²) in [7, 11) is 0. The van der Waals surface area contributed by atoms with Crippen molar-refractivity contribution in [3.63, 3.8) is 0 Å². The molecule has 0 bridgehead atoms. The third-order valence-corrected chi connectivity index (χ3v) is 6.02. The van der Waals surface area contributed by atoms with Gasteiger partial charge in [-0.1, -0.05) is 48.5 Å². The molecule has 1 saturated carbocycles. The van der Waals surface area contributed by atoms with E-state index in [0.29, 0.717) is 6.54 Å². The average Bonchev–Trinajstić information content (AvgIpc) is 3.56. The SMILES string of the molecule is NCC1(C2N=Cc3c(-c4ccccc4)cccc3N2Cc2ccccn2)CC1. The molecule has 0 saturated heterocycles. The number of pyridine rings is 1. The minimum absolute atomic E-state index is 0.0676. The van der Waals surface area contributed by atoms with Crippen LogP contribution in [-0.4, -0.2) is 23.9 Å². The van der Waals surface area contributed by atoms with Crippen LogP contribution in [0.5, 0.6) is 0 Å². The molecule has 0 spiro atoms. The van der Waals surface area contributed by atoms with Crippen molar-refractivity contribution >= 4 is 11.9 Å². The zero-order chi connectivity index (χ0) is 19.0. The number of nitrogens with zero attached hydrogens (tertiary/aromatic N) is 3. The third-order valence-electron chi connectivity index (χ3n) is 6.02. The number of rotatable bonds is 5. The molecule has 2 N–H and O–H groups in total. The lowest BCUT2D eigenvalue weighted by molar-refractivity contribution is 0.387. The van der Waals surface area contributed by atoms with Gasteiger partial charge in [-0.15, -0.1) is 0 Å². The van der Waals surface area contributed by atoms with Crippen LogP contribution in [0.15, 0.2) is 77.9 Å². The molecular weight excluding hydrogens is 344 g/mol. The van der Waals surface area contributed by atoms with Crippen LogP contribution < -0.4 is 10.6 Å². The van der Waals surface area contributed by atoms with E-state index in [2.05, 4.69) is 70.7 Å². The van der Waals surface area contributed by atoms with Gasteiger partial charge in [-0.25, -0.2) is 0 Å². The monoisotopic (exact) mass is 368 g/mol. The van der Waals surface area contributed by atoms with Gasteiger partial charge in [0.2, 0.25) is 0 Å². The molecule has 140 valence electrons. The first-order chi connectivity index (χ1) is 13.8. The maximum Gasteiger partial charge on any atom is 0.128 e. The molecule has 4 nitrogen and oxygen atoms in total. The Morgan fingerprint density at radius 3 is 2.50 bits per heavy atom. The Labute approximate surface area is 165 Å². The van der Waals surface area contributed by atoms with Gasteiger partial charge in [-0.05, 0) is 42.2 Å². The Bertz CT molecular complexity index is 994. The highest BCUT2D eigenvalue weighted by atomic mass is 15.3. The molecule has 1 aliphatic heterocycles. The van der Waals surface area contributed by atoms with Gasteiger partial charge in [0.25, 0.3) is 0 Å². The predicted molar refractivity (Wildman–Crippen MR) is 114 cm³/mol. The molecule has 0 amide bonds. The minimum atomic E-state index is 0.0676. The van der Waals surface area contributed by atoms with E-state index in [1.54, 1.807) is 0 Å². The smallest absolute Gasteiger partial charge is 0.128 e. The fraction of sp³-hybridized carbons (Fsp3) is 0.250. The second-order valence-corrected chi connectivity index (χ2v) is 7.77. The normalized spacial score (nSPS) is 19.3. The summed E-state index contributed by atoms with van der Waals surface area (Å²) in [6.07, 6.45) is 6.26. The van der Waals surface area contributed by atoms with Crippen molar-refractivity contribution in [2.75, 3.05) is 11.4 Å². The number of benzene rings is 2. The highest BCUT2D eigenvalue weighted by Crippen LogP contribution is 2.52. The van der Waals surface area contributed by atoms with Crippen LogP contribution in [0.2, 0.25) is 0 Å². The number of aliphatic imine (C=N–C) groups is 1. The zero-order valence-electron chi connectivity index (χ0n) is 15.8. The third kappa shape index (κ3) is 2.90. The Hall–Kier alpha value is -2.98. The summed E-state index contributed by atoms with van der Waals surface area (Å²) in [5.41, 5.74) is 12.1. The van der Waals surface area contributed by atoms with Crippen molar-refractivity contribution < 1.29 is 0 Å². The lowest BCUT2D eigenvalue weighted by Gasteiger charge is -2.39. The van der Waals surface area contributed by atoms with Gasteiger partial charge in [0, 0.05) is 35.6 Å². The van der Waals surface area contributed by atoms with E-state index >= 15 is 0 Å². The molecule has 3 aromatic rings. The number of hydrogen-bond donors (Lipinski definition) is 1. The number of anilines is 1. The topological polar surface area (TPSA) is 54.5 Å². The van der Waals surface area contributed by atoms with Crippen molar-refractivity contribution in [3.8, 4) is 11.1 Å². The van der Waals surface area contributed by atoms with Gasteiger partial charge in [-0.3, -0.25) is 9.98 Å². The molecule has 1 atom stereocenters. The summed E-state index contributed by atoms with van der Waals surface area (Å²) in [5.74, 6) is 0. The first kappa shape index (κ1) is 17.1. The van der Waals surface area contributed by atoms with E-state index in [9.17, 15) is 0 Å². The molecule has 1 fully saturated rings. The molecule has 2 heterocycles. The molecular formula is C24H24N4. The van der Waals surface area contributed by atoms with Crippen molar-refractivity contribution in [2.24, 2.45) is 16.1 Å². The maximum atomic E-state index is 6.18. The van der Waals surface area contributed by atoms with E-state index in [0.717, 1.165) is 25.1 Å². The van der Waals surface area contributed by atoms with Gasteiger partial charge in [-0.2, -0.15) is 0 Å². The summed E-state index contributed by atoms with van der Waals surface area (Å²) in [4.78, 5) is 12.0. The van der Waals surface area contributed by atoms with Gasteiger partial charge < -0.3 is 10.6 Å². The summed E-state index contributed by atoms with van der Waals surface area (Å²) >= 11 is 0. The van der Waals surface area contributed by atoms with E-state index in [-0.39, 0.29) is 11.6 Å². The molecule has 2 aliphatic rings. The van der Waals surface area contributed by atoms with Gasteiger partial charge >= 0.3 is 0 Å². The maximum absolute atomic E-state index is 6.18. The number of aromatic nitrogens is 1. The second-order valence-electron chi connectivity index (χ2n) is 7.77. The summed E-state index contributed by atoms with van der Waals surface area (Å²) < 4.78 is 0. The predicted octanol–water partition coefficient (Wildman–Crippen LogP) is 4.25. The van der Waals surface area contributed by atoms with Crippen LogP contribution in [0, 0.1) is 5.41 Å². The van der Waals surface area contributed by atoms with Crippen molar-refractivity contribution in [3.05, 3.63) is 84.2 Å². The molecule has 1 aromatic heterocycles. The van der Waals surface area contributed by atoms with Crippen LogP contribution in [0.4, 0.5) is 5.69 Å². The zero-order valence-corrected chi connectivity index (χ0v) is 15.8. The van der Waals surface area contributed by atoms with Crippen LogP contribution in [0.25, 0.3) is 11.1 Å². The average molecular weight is 368 g/mol. The second kappa shape index (κ2) is 6.88. The summed E-state index contributed by atoms with van der Waals surface area (Å²) in [6.45, 7) is 1.40. The number of nitrogens with two attached hydrogens (primary N) is 1. The first-order valence-corrected chi connectivity index (χ1v) is 9.89. The van der Waals surface area contributed by atoms with E-state index in [4.69, 9.17) is 10.7 Å². The van der Waals surface area contributed by atoms with Gasteiger partial charge in [0.15, 0.2) is 0 Å². The molecule has 1 aliphatic carbocycles. The molecule has 0 radical (unpaired) electrons. The van der Waals surface area contributed by atoms with E-state index in [1.807, 2.05) is 18.3 Å². The molecule has 5 rings (SSSR count). The molecule has 4 heteroatoms. The Morgan fingerprint density at radius 1 is 0.964 bits per heavy atom. The quantitative estimate of drug-likeness (QED) is 0.732. The standard InChI is InChI=1S/C24H24N4/c25-17-24(12-13-24)23-27-15-21-20(18-7-2-1-3-8-18)10-6-11-22(21)28(23)16-19-9-4-5-14-26-19/h1-11,14-15,23H,12-13,16-17,25H2.